The first-order valence-electron chi connectivity index (χ1n) is 9.47. The van der Waals surface area contributed by atoms with Crippen LogP contribution in [0.25, 0.3) is 11.4 Å². The zero-order valence-electron chi connectivity index (χ0n) is 16.7. The molecule has 0 atom stereocenters. The Hall–Kier alpha value is -3.32. The lowest BCUT2D eigenvalue weighted by atomic mass is 10.1. The van der Waals surface area contributed by atoms with Gasteiger partial charge in [0.25, 0.3) is 0 Å². The molecule has 6 nitrogen and oxygen atoms in total. The van der Waals surface area contributed by atoms with E-state index in [0.29, 0.717) is 17.9 Å². The third-order valence-corrected chi connectivity index (χ3v) is 5.75. The maximum atomic E-state index is 11.8. The van der Waals surface area contributed by atoms with Crippen LogP contribution in [0.1, 0.15) is 27.2 Å². The van der Waals surface area contributed by atoms with Crippen molar-refractivity contribution in [3.8, 4) is 11.4 Å². The van der Waals surface area contributed by atoms with Crippen LogP contribution in [0, 0.1) is 6.92 Å². The minimum absolute atomic E-state index is 0.341. The molecule has 0 unspecified atom stereocenters. The number of hydrogen-bond donors (Lipinski definition) is 0. The molecule has 0 N–H and O–H groups in total. The fraction of sp³-hybridized carbons (Fsp3) is 0.174. The molecular weight excluding hydrogens is 398 g/mol. The van der Waals surface area contributed by atoms with Gasteiger partial charge >= 0.3 is 5.97 Å². The van der Waals surface area contributed by atoms with Crippen molar-refractivity contribution in [1.29, 1.82) is 0 Å². The molecule has 30 heavy (non-hydrogen) atoms. The lowest BCUT2D eigenvalue weighted by molar-refractivity contribution is 0.0600. The van der Waals surface area contributed by atoms with E-state index in [-0.39, 0.29) is 5.97 Å². The predicted molar refractivity (Wildman–Crippen MR) is 115 cm³/mol. The van der Waals surface area contributed by atoms with Gasteiger partial charge in [-0.1, -0.05) is 54.2 Å². The van der Waals surface area contributed by atoms with E-state index in [1.165, 1.54) is 7.11 Å². The fourth-order valence-corrected chi connectivity index (χ4v) is 4.05. The number of carbonyl (C=O) groups excluding carboxylic acids is 1. The van der Waals surface area contributed by atoms with Gasteiger partial charge in [-0.2, -0.15) is 0 Å². The molecule has 0 amide bonds. The standard InChI is InChI=1S/C23H21N3O3S/c1-16-20(11-12-29-16)21-24-25-23(26(21)14-17-7-4-3-5-8-17)30-15-18-9-6-10-19(13-18)22(27)28-2/h3-13H,14-15H2,1-2H3. The van der Waals surface area contributed by atoms with Gasteiger partial charge in [0.2, 0.25) is 0 Å². The number of aromatic nitrogens is 3. The van der Waals surface area contributed by atoms with Gasteiger partial charge in [0, 0.05) is 5.75 Å². The van der Waals surface area contributed by atoms with Gasteiger partial charge < -0.3 is 9.15 Å². The average Bonchev–Trinajstić information content (AvgIpc) is 3.38. The number of methoxy groups -OCH3 is 1. The third kappa shape index (κ3) is 4.31. The normalized spacial score (nSPS) is 10.9. The van der Waals surface area contributed by atoms with Crippen molar-refractivity contribution in [2.24, 2.45) is 0 Å². The van der Waals surface area contributed by atoms with Gasteiger partial charge in [-0.05, 0) is 36.2 Å². The van der Waals surface area contributed by atoms with Crippen molar-refractivity contribution in [3.05, 3.63) is 89.4 Å². The highest BCUT2D eigenvalue weighted by molar-refractivity contribution is 7.98. The number of aryl methyl sites for hydroxylation is 1. The van der Waals surface area contributed by atoms with Crippen LogP contribution in [-0.2, 0) is 17.0 Å². The molecule has 0 fully saturated rings. The second kappa shape index (κ2) is 9.00. The Morgan fingerprint density at radius 3 is 2.60 bits per heavy atom. The summed E-state index contributed by atoms with van der Waals surface area (Å²) in [7, 11) is 1.38. The van der Waals surface area contributed by atoms with Gasteiger partial charge in [0.05, 0.1) is 31.0 Å². The van der Waals surface area contributed by atoms with Crippen molar-refractivity contribution < 1.29 is 13.9 Å². The van der Waals surface area contributed by atoms with E-state index in [9.17, 15) is 4.79 Å². The predicted octanol–water partition coefficient (Wildman–Crippen LogP) is 4.97. The average molecular weight is 420 g/mol. The number of esters is 1. The molecule has 2 aromatic carbocycles. The monoisotopic (exact) mass is 419 g/mol. The van der Waals surface area contributed by atoms with Crippen LogP contribution >= 0.6 is 11.8 Å². The van der Waals surface area contributed by atoms with E-state index in [1.807, 2.05) is 49.4 Å². The van der Waals surface area contributed by atoms with Crippen molar-refractivity contribution >= 4 is 17.7 Å². The summed E-state index contributed by atoms with van der Waals surface area (Å²) < 4.78 is 12.4. The first-order valence-corrected chi connectivity index (χ1v) is 10.5. The highest BCUT2D eigenvalue weighted by atomic mass is 32.2. The highest BCUT2D eigenvalue weighted by Crippen LogP contribution is 2.29. The molecule has 0 spiro atoms. The molecule has 0 saturated heterocycles. The molecule has 7 heteroatoms. The van der Waals surface area contributed by atoms with Crippen LogP contribution in [-0.4, -0.2) is 27.8 Å². The number of thioether (sulfide) groups is 1. The number of ether oxygens (including phenoxy) is 1. The Morgan fingerprint density at radius 2 is 1.87 bits per heavy atom. The zero-order chi connectivity index (χ0) is 20.9. The Labute approximate surface area is 178 Å². The molecule has 0 aliphatic heterocycles. The van der Waals surface area contributed by atoms with E-state index >= 15 is 0 Å². The van der Waals surface area contributed by atoms with E-state index in [4.69, 9.17) is 9.15 Å². The van der Waals surface area contributed by atoms with E-state index in [1.54, 1.807) is 24.1 Å². The Balaban J connectivity index is 1.62. The molecule has 0 saturated carbocycles. The summed E-state index contributed by atoms with van der Waals surface area (Å²) >= 11 is 1.58. The Morgan fingerprint density at radius 1 is 1.07 bits per heavy atom. The molecule has 0 radical (unpaired) electrons. The summed E-state index contributed by atoms with van der Waals surface area (Å²) in [5.41, 5.74) is 3.64. The topological polar surface area (TPSA) is 70.2 Å². The largest absolute Gasteiger partial charge is 0.469 e. The van der Waals surface area contributed by atoms with Crippen LogP contribution in [0.2, 0.25) is 0 Å². The van der Waals surface area contributed by atoms with Crippen molar-refractivity contribution in [3.63, 3.8) is 0 Å². The lowest BCUT2D eigenvalue weighted by Gasteiger charge is -2.10. The number of furan rings is 1. The summed E-state index contributed by atoms with van der Waals surface area (Å²) in [6.07, 6.45) is 1.66. The quantitative estimate of drug-likeness (QED) is 0.311. The first kappa shape index (κ1) is 20.0. The van der Waals surface area contributed by atoms with Gasteiger partial charge in [-0.25, -0.2) is 4.79 Å². The molecule has 4 aromatic rings. The lowest BCUT2D eigenvalue weighted by Crippen LogP contribution is -2.04. The number of benzene rings is 2. The molecule has 152 valence electrons. The zero-order valence-corrected chi connectivity index (χ0v) is 17.6. The molecular formula is C23H21N3O3S. The molecule has 0 aliphatic carbocycles. The van der Waals surface area contributed by atoms with Crippen LogP contribution in [0.4, 0.5) is 0 Å². The SMILES string of the molecule is COC(=O)c1cccc(CSc2nnc(-c3ccoc3C)n2Cc2ccccc2)c1. The number of hydrogen-bond acceptors (Lipinski definition) is 6. The third-order valence-electron chi connectivity index (χ3n) is 4.72. The summed E-state index contributed by atoms with van der Waals surface area (Å²) in [6, 6.07) is 19.6. The van der Waals surface area contributed by atoms with Gasteiger partial charge in [-0.3, -0.25) is 4.57 Å². The number of rotatable bonds is 7. The Bertz CT molecular complexity index is 1150. The molecule has 2 heterocycles. The van der Waals surface area contributed by atoms with Crippen LogP contribution in [0.15, 0.2) is 76.5 Å². The van der Waals surface area contributed by atoms with Crippen LogP contribution < -0.4 is 0 Å². The minimum Gasteiger partial charge on any atom is -0.469 e. The van der Waals surface area contributed by atoms with Gasteiger partial charge in [0.15, 0.2) is 11.0 Å². The van der Waals surface area contributed by atoms with E-state index < -0.39 is 0 Å². The maximum absolute atomic E-state index is 11.8. The molecule has 4 rings (SSSR count). The second-order valence-electron chi connectivity index (χ2n) is 6.75. The molecule has 0 aliphatic rings. The van der Waals surface area contributed by atoms with Gasteiger partial charge in [0.1, 0.15) is 5.76 Å². The fourth-order valence-electron chi connectivity index (χ4n) is 3.17. The number of carbonyl (C=O) groups is 1. The highest BCUT2D eigenvalue weighted by Gasteiger charge is 2.18. The second-order valence-corrected chi connectivity index (χ2v) is 7.69. The number of nitrogens with zero attached hydrogens (tertiary/aromatic N) is 3. The van der Waals surface area contributed by atoms with Gasteiger partial charge in [-0.15, -0.1) is 10.2 Å². The van der Waals surface area contributed by atoms with E-state index in [0.717, 1.165) is 33.4 Å². The van der Waals surface area contributed by atoms with Crippen molar-refractivity contribution in [2.45, 2.75) is 24.4 Å². The Kier molecular flexibility index (Phi) is 5.99. The van der Waals surface area contributed by atoms with Crippen LogP contribution in [0.3, 0.4) is 0 Å². The first-order chi connectivity index (χ1) is 14.7. The summed E-state index contributed by atoms with van der Waals surface area (Å²) in [5.74, 6) is 1.89. The maximum Gasteiger partial charge on any atom is 0.337 e. The summed E-state index contributed by atoms with van der Waals surface area (Å²) in [4.78, 5) is 11.8. The van der Waals surface area contributed by atoms with E-state index in [2.05, 4.69) is 26.9 Å². The van der Waals surface area contributed by atoms with Crippen molar-refractivity contribution in [1.82, 2.24) is 14.8 Å². The van der Waals surface area contributed by atoms with Crippen molar-refractivity contribution in [2.75, 3.05) is 7.11 Å². The minimum atomic E-state index is -0.341. The molecule has 2 aromatic heterocycles. The van der Waals surface area contributed by atoms with Crippen LogP contribution in [0.5, 0.6) is 0 Å². The summed E-state index contributed by atoms with van der Waals surface area (Å²) in [6.45, 7) is 2.57. The molecule has 0 bridgehead atoms. The smallest absolute Gasteiger partial charge is 0.337 e. The summed E-state index contributed by atoms with van der Waals surface area (Å²) in [5, 5.41) is 9.69.